The van der Waals surface area contributed by atoms with Crippen LogP contribution in [0.1, 0.15) is 65.6 Å². The van der Waals surface area contributed by atoms with Gasteiger partial charge in [-0.25, -0.2) is 4.79 Å². The molecule has 1 aliphatic rings. The summed E-state index contributed by atoms with van der Waals surface area (Å²) in [7, 11) is 0. The summed E-state index contributed by atoms with van der Waals surface area (Å²) in [6.07, 6.45) is 0.396. The maximum Gasteiger partial charge on any atom is 0.412 e. The van der Waals surface area contributed by atoms with Crippen LogP contribution in [0.25, 0.3) is 0 Å². The summed E-state index contributed by atoms with van der Waals surface area (Å²) in [6.45, 7) is 16.5. The fourth-order valence-electron chi connectivity index (χ4n) is 4.05. The van der Waals surface area contributed by atoms with Crippen LogP contribution in [0.4, 0.5) is 4.79 Å². The topological polar surface area (TPSA) is 108 Å². The third-order valence-corrected chi connectivity index (χ3v) is 7.19. The summed E-state index contributed by atoms with van der Waals surface area (Å²) >= 11 is 2.12. The molecule has 1 saturated heterocycles. The van der Waals surface area contributed by atoms with Crippen LogP contribution in [0.5, 0.6) is 5.75 Å². The first-order valence-electron chi connectivity index (χ1n) is 13.3. The van der Waals surface area contributed by atoms with E-state index in [1.165, 1.54) is 6.07 Å². The van der Waals surface area contributed by atoms with Gasteiger partial charge >= 0.3 is 6.09 Å². The van der Waals surface area contributed by atoms with Gasteiger partial charge in [-0.2, -0.15) is 0 Å². The minimum absolute atomic E-state index is 0.0756. The van der Waals surface area contributed by atoms with E-state index in [-0.39, 0.29) is 23.3 Å². The molecular formula is C29H42IN2O8P. The molecule has 41 heavy (non-hydrogen) atoms. The SMILES string of the molecule is CC(C)N(C=O)CC1COC(C)(C)N1C(=O)OC(C)(C)C.Cc1oc(COPI)cc(=O)c1OCc1ccccc1. The van der Waals surface area contributed by atoms with Crippen LogP contribution in [0.2, 0.25) is 0 Å². The van der Waals surface area contributed by atoms with Crippen LogP contribution in [0, 0.1) is 6.92 Å². The predicted molar refractivity (Wildman–Crippen MR) is 167 cm³/mol. The van der Waals surface area contributed by atoms with E-state index in [9.17, 15) is 14.4 Å². The van der Waals surface area contributed by atoms with E-state index in [0.29, 0.717) is 44.3 Å². The van der Waals surface area contributed by atoms with Gasteiger partial charge in [0.15, 0.2) is 0 Å². The fourth-order valence-corrected chi connectivity index (χ4v) is 4.71. The van der Waals surface area contributed by atoms with Crippen molar-refractivity contribution in [3.63, 3.8) is 0 Å². The van der Waals surface area contributed by atoms with Gasteiger partial charge in [0.25, 0.3) is 0 Å². The van der Waals surface area contributed by atoms with Crippen LogP contribution in [-0.2, 0) is 32.0 Å². The van der Waals surface area contributed by atoms with Gasteiger partial charge in [-0.05, 0) is 83.0 Å². The van der Waals surface area contributed by atoms with Crippen molar-refractivity contribution in [2.45, 2.75) is 92.0 Å². The van der Waals surface area contributed by atoms with Gasteiger partial charge in [0.2, 0.25) is 17.6 Å². The normalized spacial score (nSPS) is 16.4. The lowest BCUT2D eigenvalue weighted by atomic mass is 10.2. The second kappa shape index (κ2) is 15.9. The molecule has 0 aliphatic carbocycles. The Morgan fingerprint density at radius 2 is 1.90 bits per heavy atom. The molecule has 3 rings (SSSR count). The third-order valence-electron chi connectivity index (χ3n) is 6.00. The largest absolute Gasteiger partial charge is 0.482 e. The van der Waals surface area contributed by atoms with E-state index < -0.39 is 17.4 Å². The van der Waals surface area contributed by atoms with E-state index in [1.54, 1.807) is 16.7 Å². The highest BCUT2D eigenvalue weighted by atomic mass is 127. The van der Waals surface area contributed by atoms with E-state index in [0.717, 1.165) is 12.0 Å². The van der Waals surface area contributed by atoms with Gasteiger partial charge < -0.3 is 28.1 Å². The number of carbonyl (C=O) groups excluding carboxylic acids is 2. The lowest BCUT2D eigenvalue weighted by Crippen LogP contribution is -2.53. The molecule has 2 heterocycles. The molecule has 0 radical (unpaired) electrons. The highest BCUT2D eigenvalue weighted by molar-refractivity contribution is 14.2. The van der Waals surface area contributed by atoms with Crippen molar-refractivity contribution < 1.29 is 32.7 Å². The maximum absolute atomic E-state index is 12.4. The summed E-state index contributed by atoms with van der Waals surface area (Å²) in [4.78, 5) is 38.9. The lowest BCUT2D eigenvalue weighted by molar-refractivity contribution is -0.120. The van der Waals surface area contributed by atoms with Crippen molar-refractivity contribution in [3.05, 3.63) is 63.7 Å². The molecule has 1 aliphatic heterocycles. The maximum atomic E-state index is 12.4. The van der Waals surface area contributed by atoms with Gasteiger partial charge in [0.05, 0.1) is 19.1 Å². The molecule has 1 fully saturated rings. The Morgan fingerprint density at radius 3 is 2.44 bits per heavy atom. The van der Waals surface area contributed by atoms with Crippen LogP contribution in [0.3, 0.4) is 0 Å². The Kier molecular flexibility index (Phi) is 13.5. The van der Waals surface area contributed by atoms with Crippen molar-refractivity contribution in [1.82, 2.24) is 9.80 Å². The first-order valence-corrected chi connectivity index (χ1v) is 17.4. The monoisotopic (exact) mass is 704 g/mol. The number of rotatable bonds is 10. The van der Waals surface area contributed by atoms with E-state index >= 15 is 0 Å². The molecule has 2 atom stereocenters. The smallest absolute Gasteiger partial charge is 0.412 e. The number of benzene rings is 1. The lowest BCUT2D eigenvalue weighted by Gasteiger charge is -2.36. The minimum atomic E-state index is -0.738. The van der Waals surface area contributed by atoms with Gasteiger partial charge in [-0.1, -0.05) is 30.3 Å². The molecule has 0 bridgehead atoms. The van der Waals surface area contributed by atoms with Crippen molar-refractivity contribution in [2.75, 3.05) is 13.2 Å². The molecule has 10 nitrogen and oxygen atoms in total. The van der Waals surface area contributed by atoms with E-state index in [4.69, 9.17) is 23.2 Å². The molecule has 1 aromatic heterocycles. The summed E-state index contributed by atoms with van der Waals surface area (Å²) < 4.78 is 27.5. The molecule has 0 spiro atoms. The van der Waals surface area contributed by atoms with Crippen molar-refractivity contribution in [2.24, 2.45) is 0 Å². The summed E-state index contributed by atoms with van der Waals surface area (Å²) in [5.41, 5.74) is -0.480. The zero-order valence-electron chi connectivity index (χ0n) is 25.1. The average molecular weight is 705 g/mol. The Morgan fingerprint density at radius 1 is 1.24 bits per heavy atom. The molecule has 2 amide bonds. The van der Waals surface area contributed by atoms with Crippen LogP contribution >= 0.6 is 28.5 Å². The summed E-state index contributed by atoms with van der Waals surface area (Å²) in [5, 5.41) is 0. The van der Waals surface area contributed by atoms with Gasteiger partial charge in [0.1, 0.15) is 36.1 Å². The number of nitrogens with zero attached hydrogens (tertiary/aromatic N) is 2. The zero-order chi connectivity index (χ0) is 30.8. The molecule has 0 N–H and O–H groups in total. The number of carbonyl (C=O) groups is 2. The molecule has 1 aromatic carbocycles. The molecule has 2 aromatic rings. The Bertz CT molecular complexity index is 1180. The fraction of sp³-hybridized carbons (Fsp3) is 0.552. The number of aryl methyl sites for hydroxylation is 1. The molecule has 12 heteroatoms. The zero-order valence-corrected chi connectivity index (χ0v) is 28.2. The number of hydrogen-bond acceptors (Lipinski definition) is 8. The third kappa shape index (κ3) is 11.2. The number of amides is 2. The highest BCUT2D eigenvalue weighted by Gasteiger charge is 2.46. The van der Waals surface area contributed by atoms with Gasteiger partial charge in [0, 0.05) is 18.7 Å². The minimum Gasteiger partial charge on any atom is -0.482 e. The number of ether oxygens (including phenoxy) is 3. The Labute approximate surface area is 257 Å². The van der Waals surface area contributed by atoms with E-state index in [1.807, 2.05) is 78.8 Å². The van der Waals surface area contributed by atoms with E-state index in [2.05, 4.69) is 22.0 Å². The molecule has 0 saturated carbocycles. The summed E-state index contributed by atoms with van der Waals surface area (Å²) in [5.74, 6) is 1.25. The average Bonchev–Trinajstić information content (AvgIpc) is 3.19. The van der Waals surface area contributed by atoms with Gasteiger partial charge in [-0.15, -0.1) is 0 Å². The van der Waals surface area contributed by atoms with Crippen LogP contribution in [-0.4, -0.2) is 58.9 Å². The van der Waals surface area contributed by atoms with Crippen molar-refractivity contribution >= 4 is 41.0 Å². The number of hydrogen-bond donors (Lipinski definition) is 0. The van der Waals surface area contributed by atoms with Crippen molar-refractivity contribution in [3.8, 4) is 5.75 Å². The summed E-state index contributed by atoms with van der Waals surface area (Å²) in [6, 6.07) is 11.0. The standard InChI is InChI=1S/C15H28N2O4.C14H14IO4P/c1-11(2)16(10-18)8-12-9-20-15(6,7)17(12)13(19)21-14(3,4)5;1-10-14(17-8-11-5-3-2-4-6-11)13(16)7-12(19-10)9-18-20-15/h10-12H,8-9H2,1-7H3;2-7,20H,8-9H2,1H3. The second-order valence-corrected chi connectivity index (χ2v) is 13.0. The predicted octanol–water partition coefficient (Wildman–Crippen LogP) is 6.21. The molecule has 2 unspecified atom stereocenters. The number of halogens is 1. The molecular weight excluding hydrogens is 662 g/mol. The van der Waals surface area contributed by atoms with Crippen LogP contribution < -0.4 is 10.2 Å². The first kappa shape index (κ1) is 35.0. The van der Waals surface area contributed by atoms with Crippen molar-refractivity contribution in [1.29, 1.82) is 0 Å². The second-order valence-electron chi connectivity index (χ2n) is 11.3. The highest BCUT2D eigenvalue weighted by Crippen LogP contribution is 2.30. The van der Waals surface area contributed by atoms with Crippen LogP contribution in [0.15, 0.2) is 45.6 Å². The Hall–Kier alpha value is -2.21. The molecule has 228 valence electrons. The Balaban J connectivity index is 0.000000287. The first-order chi connectivity index (χ1) is 19.2. The quantitative estimate of drug-likeness (QED) is 0.163. The van der Waals surface area contributed by atoms with Gasteiger partial charge in [-0.3, -0.25) is 14.5 Å².